The molecule has 1 aromatic rings. The minimum absolute atomic E-state index is 0.249. The maximum Gasteiger partial charge on any atom is 0.203 e. The molecule has 4 heteroatoms. The maximum atomic E-state index is 5.34. The predicted molar refractivity (Wildman–Crippen MR) is 72.8 cm³/mol. The van der Waals surface area contributed by atoms with Crippen LogP contribution in [0, 0.1) is 0 Å². The first kappa shape index (κ1) is 14.6. The molecule has 1 N–H and O–H groups in total. The summed E-state index contributed by atoms with van der Waals surface area (Å²) >= 11 is 0. The van der Waals surface area contributed by atoms with Crippen LogP contribution in [0.5, 0.6) is 17.2 Å². The molecule has 1 rings (SSSR count). The number of hydrogen-bond acceptors (Lipinski definition) is 4. The average Bonchev–Trinajstić information content (AvgIpc) is 2.42. The Morgan fingerprint density at radius 1 is 1.06 bits per heavy atom. The van der Waals surface area contributed by atoms with E-state index in [0.29, 0.717) is 17.2 Å². The van der Waals surface area contributed by atoms with Gasteiger partial charge in [-0.05, 0) is 37.6 Å². The maximum absolute atomic E-state index is 5.34. The van der Waals surface area contributed by atoms with Crippen molar-refractivity contribution in [1.29, 1.82) is 0 Å². The predicted octanol–water partition coefficient (Wildman–Crippen LogP) is 2.77. The molecule has 18 heavy (non-hydrogen) atoms. The number of hydrogen-bond donors (Lipinski definition) is 1. The van der Waals surface area contributed by atoms with E-state index in [2.05, 4.69) is 19.2 Å². The Morgan fingerprint density at radius 2 is 1.61 bits per heavy atom. The highest BCUT2D eigenvalue weighted by molar-refractivity contribution is 5.54. The van der Waals surface area contributed by atoms with Gasteiger partial charge in [0.1, 0.15) is 0 Å². The lowest BCUT2D eigenvalue weighted by Crippen LogP contribution is -2.19. The van der Waals surface area contributed by atoms with Gasteiger partial charge in [0, 0.05) is 6.04 Å². The Bertz CT molecular complexity index is 354. The zero-order chi connectivity index (χ0) is 13.5. The van der Waals surface area contributed by atoms with E-state index in [-0.39, 0.29) is 6.04 Å². The molecule has 4 nitrogen and oxygen atoms in total. The molecular weight excluding hydrogens is 230 g/mol. The minimum Gasteiger partial charge on any atom is -0.493 e. The summed E-state index contributed by atoms with van der Waals surface area (Å²) in [6.07, 6.45) is 1.11. The summed E-state index contributed by atoms with van der Waals surface area (Å²) in [4.78, 5) is 0. The molecule has 0 amide bonds. The number of methoxy groups -OCH3 is 3. The first-order valence-corrected chi connectivity index (χ1v) is 6.21. The van der Waals surface area contributed by atoms with Crippen molar-refractivity contribution in [2.24, 2.45) is 0 Å². The van der Waals surface area contributed by atoms with Crippen LogP contribution in [0.1, 0.15) is 31.9 Å². The molecule has 102 valence electrons. The van der Waals surface area contributed by atoms with Crippen LogP contribution >= 0.6 is 0 Å². The van der Waals surface area contributed by atoms with Crippen LogP contribution in [0.25, 0.3) is 0 Å². The van der Waals surface area contributed by atoms with Crippen LogP contribution in [0.4, 0.5) is 0 Å². The topological polar surface area (TPSA) is 39.7 Å². The van der Waals surface area contributed by atoms with E-state index in [1.165, 1.54) is 0 Å². The van der Waals surface area contributed by atoms with Gasteiger partial charge in [-0.15, -0.1) is 0 Å². The normalized spacial score (nSPS) is 12.1. The second kappa shape index (κ2) is 7.11. The zero-order valence-electron chi connectivity index (χ0n) is 11.9. The van der Waals surface area contributed by atoms with Crippen molar-refractivity contribution in [3.8, 4) is 17.2 Å². The van der Waals surface area contributed by atoms with Gasteiger partial charge in [0.2, 0.25) is 5.75 Å². The summed E-state index contributed by atoms with van der Waals surface area (Å²) in [7, 11) is 4.87. The highest BCUT2D eigenvalue weighted by Crippen LogP contribution is 2.39. The largest absolute Gasteiger partial charge is 0.493 e. The number of nitrogens with one attached hydrogen (secondary N) is 1. The fraction of sp³-hybridized carbons (Fsp3) is 0.571. The van der Waals surface area contributed by atoms with Crippen molar-refractivity contribution >= 4 is 0 Å². The molecule has 1 atom stereocenters. The molecule has 0 saturated heterocycles. The molecular formula is C14H23NO3. The Labute approximate surface area is 109 Å². The van der Waals surface area contributed by atoms with Crippen molar-refractivity contribution < 1.29 is 14.2 Å². The summed E-state index contributed by atoms with van der Waals surface area (Å²) in [5.74, 6) is 2.01. The third kappa shape index (κ3) is 3.29. The molecule has 0 heterocycles. The van der Waals surface area contributed by atoms with Crippen molar-refractivity contribution in [3.05, 3.63) is 17.7 Å². The second-order valence-corrected chi connectivity index (χ2v) is 4.13. The SMILES string of the molecule is CCCNC(C)c1cc(OC)c(OC)c(OC)c1. The van der Waals surface area contributed by atoms with E-state index in [9.17, 15) is 0 Å². The molecule has 0 aliphatic rings. The van der Waals surface area contributed by atoms with Crippen LogP contribution in [-0.2, 0) is 0 Å². The summed E-state index contributed by atoms with van der Waals surface area (Å²) in [5.41, 5.74) is 1.12. The summed E-state index contributed by atoms with van der Waals surface area (Å²) in [5, 5.41) is 3.44. The van der Waals surface area contributed by atoms with Gasteiger partial charge >= 0.3 is 0 Å². The fourth-order valence-electron chi connectivity index (χ4n) is 1.83. The highest BCUT2D eigenvalue weighted by Gasteiger charge is 2.15. The molecule has 0 spiro atoms. The Kier molecular flexibility index (Phi) is 5.78. The lowest BCUT2D eigenvalue weighted by atomic mass is 10.1. The first-order chi connectivity index (χ1) is 8.67. The van der Waals surface area contributed by atoms with Crippen LogP contribution in [0.2, 0.25) is 0 Å². The molecule has 0 aromatic heterocycles. The molecule has 0 fully saturated rings. The molecule has 1 aromatic carbocycles. The zero-order valence-corrected chi connectivity index (χ0v) is 11.9. The standard InChI is InChI=1S/C14H23NO3/c1-6-7-15-10(2)11-8-12(16-3)14(18-5)13(9-11)17-4/h8-10,15H,6-7H2,1-5H3. The van der Waals surface area contributed by atoms with Crippen LogP contribution < -0.4 is 19.5 Å². The Morgan fingerprint density at radius 3 is 2.00 bits per heavy atom. The number of ether oxygens (including phenoxy) is 3. The van der Waals surface area contributed by atoms with E-state index in [1.54, 1.807) is 21.3 Å². The smallest absolute Gasteiger partial charge is 0.203 e. The molecule has 0 aliphatic carbocycles. The third-order valence-electron chi connectivity index (χ3n) is 2.89. The monoisotopic (exact) mass is 253 g/mol. The molecule has 0 saturated carbocycles. The van der Waals surface area contributed by atoms with Crippen LogP contribution in [0.15, 0.2) is 12.1 Å². The van der Waals surface area contributed by atoms with Crippen LogP contribution in [-0.4, -0.2) is 27.9 Å². The summed E-state index contributed by atoms with van der Waals surface area (Å²) in [6.45, 7) is 5.25. The fourth-order valence-corrected chi connectivity index (χ4v) is 1.83. The lowest BCUT2D eigenvalue weighted by molar-refractivity contribution is 0.323. The van der Waals surface area contributed by atoms with Gasteiger partial charge in [-0.25, -0.2) is 0 Å². The lowest BCUT2D eigenvalue weighted by Gasteiger charge is -2.18. The molecule has 0 radical (unpaired) electrons. The van der Waals surface area contributed by atoms with Gasteiger partial charge in [-0.1, -0.05) is 6.92 Å². The summed E-state index contributed by atoms with van der Waals surface area (Å²) in [6, 6.07) is 4.21. The van der Waals surface area contributed by atoms with Gasteiger partial charge in [-0.3, -0.25) is 0 Å². The van der Waals surface area contributed by atoms with Gasteiger partial charge in [-0.2, -0.15) is 0 Å². The summed E-state index contributed by atoms with van der Waals surface area (Å²) < 4.78 is 16.0. The van der Waals surface area contributed by atoms with E-state index in [1.807, 2.05) is 12.1 Å². The Balaban J connectivity index is 3.06. The van der Waals surface area contributed by atoms with Gasteiger partial charge in [0.15, 0.2) is 11.5 Å². The highest BCUT2D eigenvalue weighted by atomic mass is 16.5. The van der Waals surface area contributed by atoms with E-state index < -0.39 is 0 Å². The van der Waals surface area contributed by atoms with E-state index >= 15 is 0 Å². The number of rotatable bonds is 7. The van der Waals surface area contributed by atoms with Crippen molar-refractivity contribution in [2.75, 3.05) is 27.9 Å². The van der Waals surface area contributed by atoms with Crippen molar-refractivity contribution in [2.45, 2.75) is 26.3 Å². The second-order valence-electron chi connectivity index (χ2n) is 4.13. The first-order valence-electron chi connectivity index (χ1n) is 6.21. The molecule has 1 unspecified atom stereocenters. The van der Waals surface area contributed by atoms with E-state index in [0.717, 1.165) is 18.5 Å². The molecule has 0 bridgehead atoms. The van der Waals surface area contributed by atoms with Gasteiger partial charge < -0.3 is 19.5 Å². The van der Waals surface area contributed by atoms with Gasteiger partial charge in [0.05, 0.1) is 21.3 Å². The van der Waals surface area contributed by atoms with E-state index in [4.69, 9.17) is 14.2 Å². The van der Waals surface area contributed by atoms with Crippen molar-refractivity contribution in [1.82, 2.24) is 5.32 Å². The number of benzene rings is 1. The van der Waals surface area contributed by atoms with Crippen molar-refractivity contribution in [3.63, 3.8) is 0 Å². The quantitative estimate of drug-likeness (QED) is 0.811. The minimum atomic E-state index is 0.249. The molecule has 0 aliphatic heterocycles. The van der Waals surface area contributed by atoms with Gasteiger partial charge in [0.25, 0.3) is 0 Å². The Hall–Kier alpha value is -1.42. The average molecular weight is 253 g/mol. The third-order valence-corrected chi connectivity index (χ3v) is 2.89. The van der Waals surface area contributed by atoms with Crippen LogP contribution in [0.3, 0.4) is 0 Å².